The van der Waals surface area contributed by atoms with Crippen LogP contribution < -0.4 is 16.0 Å². The van der Waals surface area contributed by atoms with Gasteiger partial charge in [-0.3, -0.25) is 0 Å². The number of anilines is 1. The van der Waals surface area contributed by atoms with E-state index in [1.54, 1.807) is 12.3 Å². The summed E-state index contributed by atoms with van der Waals surface area (Å²) in [4.78, 5) is 14.0. The van der Waals surface area contributed by atoms with Gasteiger partial charge in [0.15, 0.2) is 11.2 Å². The van der Waals surface area contributed by atoms with Crippen molar-refractivity contribution in [2.45, 2.75) is 10.8 Å². The molecule has 0 saturated carbocycles. The van der Waals surface area contributed by atoms with Crippen molar-refractivity contribution in [1.82, 2.24) is 4.98 Å². The third-order valence-electron chi connectivity index (χ3n) is 2.09. The van der Waals surface area contributed by atoms with Crippen LogP contribution in [0.4, 0.5) is 5.82 Å². The average molecular weight is 230 g/mol. The lowest BCUT2D eigenvalue weighted by Gasteiger charge is -2.04. The first kappa shape index (κ1) is 10.5. The summed E-state index contributed by atoms with van der Waals surface area (Å²) in [5.74, 6) is 0.332. The molecule has 0 amide bonds. The van der Waals surface area contributed by atoms with E-state index in [1.807, 2.05) is 0 Å². The highest BCUT2D eigenvalue weighted by Crippen LogP contribution is 2.30. The van der Waals surface area contributed by atoms with Crippen LogP contribution in [0.25, 0.3) is 0 Å². The summed E-state index contributed by atoms with van der Waals surface area (Å²) in [5.41, 5.74) is 4.91. The van der Waals surface area contributed by atoms with Crippen molar-refractivity contribution >= 4 is 17.6 Å². The van der Waals surface area contributed by atoms with Gasteiger partial charge in [-0.1, -0.05) is 11.8 Å². The molecule has 6 nitrogen and oxygen atoms in total. The summed E-state index contributed by atoms with van der Waals surface area (Å²) in [6.07, 6.45) is 1.62. The molecule has 2 unspecified atom stereocenters. The number of nitrogens with one attached hydrogen (secondary N) is 1. The number of hydrogen-bond donors (Lipinski definition) is 3. The number of aromatic nitrogens is 2. The van der Waals surface area contributed by atoms with Gasteiger partial charge in [0.1, 0.15) is 11.6 Å². The van der Waals surface area contributed by atoms with Crippen molar-refractivity contribution in [2.24, 2.45) is 0 Å². The number of aliphatic hydroxyl groups excluding tert-OH is 1. The molecule has 0 aromatic carbocycles. The fourth-order valence-electron chi connectivity index (χ4n) is 1.37. The normalized spacial score (nSPS) is 25.7. The fraction of sp³-hybridized carbons (Fsp3) is 0.500. The number of hydrogen-bond acceptors (Lipinski definition) is 5. The zero-order valence-electron chi connectivity index (χ0n) is 7.92. The predicted molar refractivity (Wildman–Crippen MR) is 55.1 cm³/mol. The van der Waals surface area contributed by atoms with Crippen molar-refractivity contribution in [1.29, 1.82) is 0 Å². The Labute approximate surface area is 90.1 Å². The largest absolute Gasteiger partial charge is 0.498 e. The second kappa shape index (κ2) is 4.21. The van der Waals surface area contributed by atoms with Crippen molar-refractivity contribution in [3.63, 3.8) is 0 Å². The third kappa shape index (κ3) is 2.14. The van der Waals surface area contributed by atoms with Crippen molar-refractivity contribution in [2.75, 3.05) is 18.9 Å². The molecule has 15 heavy (non-hydrogen) atoms. The number of rotatable bonds is 2. The Bertz CT molecular complexity index is 408. The molecule has 7 heteroatoms. The van der Waals surface area contributed by atoms with E-state index >= 15 is 0 Å². The molecule has 2 heterocycles. The minimum atomic E-state index is -0.269. The third-order valence-corrected chi connectivity index (χ3v) is 3.36. The van der Waals surface area contributed by atoms with Crippen LogP contribution in [0, 0.1) is 0 Å². The number of H-pyrrole nitrogens is 1. The fourth-order valence-corrected chi connectivity index (χ4v) is 2.42. The molecule has 0 spiro atoms. The predicted octanol–water partition coefficient (Wildman–Crippen LogP) is -1.18. The lowest BCUT2D eigenvalue weighted by molar-refractivity contribution is -0.716. The minimum absolute atomic E-state index is 0.0470. The zero-order chi connectivity index (χ0) is 10.8. The molecule has 1 aliphatic rings. The van der Waals surface area contributed by atoms with E-state index in [9.17, 15) is 4.79 Å². The molecule has 4 N–H and O–H groups in total. The molecule has 0 bridgehead atoms. The number of nitrogens with two attached hydrogens (primary N) is 1. The molecule has 2 atom stereocenters. The van der Waals surface area contributed by atoms with Crippen LogP contribution in [0.1, 0.15) is 5.37 Å². The first-order valence-electron chi connectivity index (χ1n) is 4.48. The summed E-state index contributed by atoms with van der Waals surface area (Å²) in [6, 6.07) is 1.62. The lowest BCUT2D eigenvalue weighted by Crippen LogP contribution is -2.53. The first-order valence-corrected chi connectivity index (χ1v) is 5.43. The molecular formula is C8H12N3O3S+. The van der Waals surface area contributed by atoms with E-state index in [4.69, 9.17) is 15.6 Å². The van der Waals surface area contributed by atoms with E-state index in [1.165, 1.54) is 16.3 Å². The number of nitrogen functional groups attached to an aromatic ring is 1. The van der Waals surface area contributed by atoms with Gasteiger partial charge in [-0.05, 0) is 0 Å². The van der Waals surface area contributed by atoms with Gasteiger partial charge in [0.2, 0.25) is 0 Å². The number of nitrogens with zero attached hydrogens (tertiary/aromatic N) is 1. The second-order valence-corrected chi connectivity index (χ2v) is 4.49. The molecule has 82 valence electrons. The minimum Gasteiger partial charge on any atom is -0.393 e. The van der Waals surface area contributed by atoms with Gasteiger partial charge in [0.25, 0.3) is 0 Å². The maximum atomic E-state index is 11.5. The Morgan fingerprint density at radius 2 is 2.60 bits per heavy atom. The highest BCUT2D eigenvalue weighted by atomic mass is 32.2. The number of aromatic amines is 1. The Morgan fingerprint density at radius 3 is 3.20 bits per heavy atom. The Hall–Kier alpha value is -1.05. The van der Waals surface area contributed by atoms with E-state index in [0.29, 0.717) is 12.4 Å². The van der Waals surface area contributed by atoms with Crippen molar-refractivity contribution in [3.05, 3.63) is 22.7 Å². The van der Waals surface area contributed by atoms with Crippen LogP contribution in [0.15, 0.2) is 17.1 Å². The first-order chi connectivity index (χ1) is 7.20. The van der Waals surface area contributed by atoms with Crippen LogP contribution in [0.5, 0.6) is 0 Å². The summed E-state index contributed by atoms with van der Waals surface area (Å²) in [5, 5.41) is 8.78. The second-order valence-electron chi connectivity index (χ2n) is 3.14. The average Bonchev–Trinajstić information content (AvgIpc) is 2.66. The van der Waals surface area contributed by atoms with E-state index < -0.39 is 0 Å². The number of aliphatic hydroxyl groups is 1. The van der Waals surface area contributed by atoms with E-state index in [0.717, 1.165) is 0 Å². The van der Waals surface area contributed by atoms with Crippen molar-refractivity contribution in [3.8, 4) is 0 Å². The van der Waals surface area contributed by atoms with Crippen LogP contribution in [0.3, 0.4) is 0 Å². The monoisotopic (exact) mass is 230 g/mol. The van der Waals surface area contributed by atoms with Gasteiger partial charge in [0.05, 0.1) is 13.2 Å². The van der Waals surface area contributed by atoms with Crippen LogP contribution in [-0.4, -0.2) is 28.7 Å². The number of thioether (sulfide) groups is 1. The summed E-state index contributed by atoms with van der Waals surface area (Å²) in [7, 11) is 0. The van der Waals surface area contributed by atoms with Crippen LogP contribution in [-0.2, 0) is 4.74 Å². The molecule has 2 rings (SSSR count). The van der Waals surface area contributed by atoms with Gasteiger partial charge in [0, 0.05) is 6.07 Å². The molecule has 0 aliphatic carbocycles. The molecular weight excluding hydrogens is 218 g/mol. The maximum Gasteiger partial charge on any atom is 0.498 e. The van der Waals surface area contributed by atoms with Gasteiger partial charge < -0.3 is 15.6 Å². The standard InChI is InChI=1S/C8H11N3O3S/c9-5-1-2-11(8(13)10-5)6-4-14-7(3-12)15-6/h1-2,6-7,12H,3-4H2,(H2,9,10,13)/p+1. The van der Waals surface area contributed by atoms with Gasteiger partial charge in [-0.15, -0.1) is 0 Å². The molecule has 1 saturated heterocycles. The molecule has 1 aromatic rings. The highest BCUT2D eigenvalue weighted by molar-refractivity contribution is 7.99. The molecule has 0 radical (unpaired) electrons. The molecule has 1 aromatic heterocycles. The topological polar surface area (TPSA) is 92.2 Å². The van der Waals surface area contributed by atoms with Gasteiger partial charge in [-0.2, -0.15) is 14.3 Å². The molecule has 1 aliphatic heterocycles. The zero-order valence-corrected chi connectivity index (χ0v) is 8.74. The van der Waals surface area contributed by atoms with Gasteiger partial charge in [-0.25, -0.2) is 0 Å². The summed E-state index contributed by atoms with van der Waals surface area (Å²) >= 11 is 1.41. The van der Waals surface area contributed by atoms with E-state index in [-0.39, 0.29) is 23.1 Å². The van der Waals surface area contributed by atoms with Crippen molar-refractivity contribution < 1.29 is 14.4 Å². The Kier molecular flexibility index (Phi) is 2.94. The van der Waals surface area contributed by atoms with Crippen LogP contribution >= 0.6 is 11.8 Å². The maximum absolute atomic E-state index is 11.5. The summed E-state index contributed by atoms with van der Waals surface area (Å²) in [6.45, 7) is 0.363. The van der Waals surface area contributed by atoms with Gasteiger partial charge >= 0.3 is 5.69 Å². The highest BCUT2D eigenvalue weighted by Gasteiger charge is 2.31. The summed E-state index contributed by atoms with van der Waals surface area (Å²) < 4.78 is 6.77. The van der Waals surface area contributed by atoms with E-state index in [2.05, 4.69) is 4.98 Å². The van der Waals surface area contributed by atoms with Crippen LogP contribution in [0.2, 0.25) is 0 Å². The quantitative estimate of drug-likeness (QED) is 0.556. The number of ether oxygens (including phenoxy) is 1. The SMILES string of the molecule is Nc1cc[n+](C2COC(CO)S2)c(=O)[nH]1. The molecule has 1 fully saturated rings. The smallest absolute Gasteiger partial charge is 0.393 e. The lowest BCUT2D eigenvalue weighted by atomic mass is 10.5. The Balaban J connectivity index is 2.20. The Morgan fingerprint density at radius 1 is 1.80 bits per heavy atom.